The summed E-state index contributed by atoms with van der Waals surface area (Å²) in [6.07, 6.45) is 1.46. The average molecular weight is 334 g/mol. The summed E-state index contributed by atoms with van der Waals surface area (Å²) in [5.74, 6) is 0.395. The molecular weight excluding hydrogens is 317 g/mol. The first-order chi connectivity index (χ1) is 10.6. The van der Waals surface area contributed by atoms with E-state index in [4.69, 9.17) is 23.2 Å². The number of hydrogen-bond donors (Lipinski definition) is 0. The topological polar surface area (TPSA) is 20.3 Å². The van der Waals surface area contributed by atoms with Crippen LogP contribution in [0, 0.1) is 0 Å². The largest absolute Gasteiger partial charge is 0.338 e. The molecule has 0 aliphatic carbocycles. The second-order valence-corrected chi connectivity index (χ2v) is 6.57. The van der Waals surface area contributed by atoms with Crippen molar-refractivity contribution in [2.24, 2.45) is 0 Å². The van der Waals surface area contributed by atoms with Crippen LogP contribution in [0.25, 0.3) is 0 Å². The van der Waals surface area contributed by atoms with Crippen molar-refractivity contribution in [3.05, 3.63) is 69.7 Å². The Morgan fingerprint density at radius 2 is 1.73 bits per heavy atom. The number of likely N-dealkylation sites (tertiary alicyclic amines) is 1. The number of halogens is 2. The van der Waals surface area contributed by atoms with Gasteiger partial charge in [-0.25, -0.2) is 0 Å². The van der Waals surface area contributed by atoms with Gasteiger partial charge in [-0.2, -0.15) is 0 Å². The van der Waals surface area contributed by atoms with E-state index in [1.807, 2.05) is 35.2 Å². The van der Waals surface area contributed by atoms with Crippen molar-refractivity contribution in [3.63, 3.8) is 0 Å². The fraction of sp³-hybridized carbons (Fsp3) is 0.278. The molecule has 0 spiro atoms. The van der Waals surface area contributed by atoms with Gasteiger partial charge < -0.3 is 4.90 Å². The second-order valence-electron chi connectivity index (χ2n) is 5.69. The van der Waals surface area contributed by atoms with E-state index in [1.165, 1.54) is 5.56 Å². The van der Waals surface area contributed by atoms with E-state index in [0.29, 0.717) is 23.0 Å². The Morgan fingerprint density at radius 3 is 2.36 bits per heavy atom. The molecule has 2 aromatic carbocycles. The molecule has 1 fully saturated rings. The van der Waals surface area contributed by atoms with E-state index < -0.39 is 0 Å². The normalized spacial score (nSPS) is 18.5. The summed E-state index contributed by atoms with van der Waals surface area (Å²) in [5.41, 5.74) is 2.23. The third-order valence-corrected chi connectivity index (χ3v) is 4.53. The molecule has 0 bridgehead atoms. The molecule has 1 aliphatic rings. The highest BCUT2D eigenvalue weighted by atomic mass is 35.5. The summed E-state index contributed by atoms with van der Waals surface area (Å²) in [4.78, 5) is 14.3. The Morgan fingerprint density at radius 1 is 1.05 bits per heavy atom. The summed E-state index contributed by atoms with van der Waals surface area (Å²) < 4.78 is 0. The minimum absolute atomic E-state index is 0.191. The average Bonchev–Trinajstić information content (AvgIpc) is 2.49. The van der Waals surface area contributed by atoms with Crippen molar-refractivity contribution in [1.29, 1.82) is 0 Å². The summed E-state index contributed by atoms with van der Waals surface area (Å²) in [5, 5.41) is 1.25. The number of benzene rings is 2. The zero-order chi connectivity index (χ0) is 15.5. The van der Waals surface area contributed by atoms with E-state index in [-0.39, 0.29) is 11.8 Å². The Hall–Kier alpha value is -1.51. The fourth-order valence-corrected chi connectivity index (χ4v) is 3.49. The highest BCUT2D eigenvalue weighted by Gasteiger charge is 2.27. The molecule has 0 saturated carbocycles. The number of carbonyl (C=O) groups is 1. The number of carbonyl (C=O) groups excluding carboxylic acids is 1. The van der Waals surface area contributed by atoms with Crippen molar-refractivity contribution in [1.82, 2.24) is 4.90 Å². The molecule has 1 amide bonds. The second kappa shape index (κ2) is 6.72. The maximum absolute atomic E-state index is 12.4. The monoisotopic (exact) mass is 333 g/mol. The standard InChI is InChI=1S/C18H17Cl2NO/c19-16-8-15(9-17(20)11-16)14-6-7-21(18(22)10-14)12-13-4-2-1-3-5-13/h1-5,8-9,11,14H,6-7,10,12H2. The van der Waals surface area contributed by atoms with Gasteiger partial charge in [0.1, 0.15) is 0 Å². The molecule has 1 heterocycles. The zero-order valence-corrected chi connectivity index (χ0v) is 13.6. The lowest BCUT2D eigenvalue weighted by Crippen LogP contribution is -2.37. The summed E-state index contributed by atoms with van der Waals surface area (Å²) in [6.45, 7) is 1.45. The smallest absolute Gasteiger partial charge is 0.223 e. The van der Waals surface area contributed by atoms with Crippen molar-refractivity contribution >= 4 is 29.1 Å². The van der Waals surface area contributed by atoms with Gasteiger partial charge in [-0.3, -0.25) is 4.79 Å². The zero-order valence-electron chi connectivity index (χ0n) is 12.1. The van der Waals surface area contributed by atoms with E-state index in [1.54, 1.807) is 6.07 Å². The van der Waals surface area contributed by atoms with Crippen LogP contribution in [0.15, 0.2) is 48.5 Å². The van der Waals surface area contributed by atoms with E-state index in [9.17, 15) is 4.79 Å². The molecule has 4 heteroatoms. The molecule has 22 heavy (non-hydrogen) atoms. The molecule has 1 atom stereocenters. The maximum Gasteiger partial charge on any atom is 0.223 e. The first-order valence-electron chi connectivity index (χ1n) is 7.39. The van der Waals surface area contributed by atoms with Crippen LogP contribution in [0.2, 0.25) is 10.0 Å². The molecule has 0 radical (unpaired) electrons. The lowest BCUT2D eigenvalue weighted by molar-refractivity contribution is -0.134. The maximum atomic E-state index is 12.4. The first kappa shape index (κ1) is 15.4. The Bertz CT molecular complexity index is 652. The summed E-state index contributed by atoms with van der Waals surface area (Å²) >= 11 is 12.1. The summed E-state index contributed by atoms with van der Waals surface area (Å²) in [6, 6.07) is 15.6. The van der Waals surface area contributed by atoms with Crippen LogP contribution < -0.4 is 0 Å². The van der Waals surface area contributed by atoms with Gasteiger partial charge in [-0.1, -0.05) is 53.5 Å². The minimum atomic E-state index is 0.191. The Kier molecular flexibility index (Phi) is 4.70. The van der Waals surface area contributed by atoms with Crippen molar-refractivity contribution in [2.45, 2.75) is 25.3 Å². The number of piperidine rings is 1. The van der Waals surface area contributed by atoms with Crippen LogP contribution in [0.4, 0.5) is 0 Å². The highest BCUT2D eigenvalue weighted by Crippen LogP contribution is 2.32. The fourth-order valence-electron chi connectivity index (χ4n) is 2.94. The van der Waals surface area contributed by atoms with Crippen molar-refractivity contribution in [3.8, 4) is 0 Å². The predicted octanol–water partition coefficient (Wildman–Crippen LogP) is 4.90. The van der Waals surface area contributed by atoms with Gasteiger partial charge in [-0.15, -0.1) is 0 Å². The Labute approximate surface area is 140 Å². The van der Waals surface area contributed by atoms with Gasteiger partial charge >= 0.3 is 0 Å². The van der Waals surface area contributed by atoms with Crippen LogP contribution in [-0.2, 0) is 11.3 Å². The molecule has 0 aromatic heterocycles. The van der Waals surface area contributed by atoms with Crippen molar-refractivity contribution in [2.75, 3.05) is 6.54 Å². The molecule has 3 rings (SSSR count). The number of amides is 1. The molecule has 114 valence electrons. The minimum Gasteiger partial charge on any atom is -0.338 e. The highest BCUT2D eigenvalue weighted by molar-refractivity contribution is 6.34. The lowest BCUT2D eigenvalue weighted by Gasteiger charge is -2.32. The number of hydrogen-bond acceptors (Lipinski definition) is 1. The first-order valence-corrected chi connectivity index (χ1v) is 8.15. The van der Waals surface area contributed by atoms with Gasteiger partial charge in [0.25, 0.3) is 0 Å². The molecular formula is C18H17Cl2NO. The lowest BCUT2D eigenvalue weighted by atomic mass is 9.89. The molecule has 1 saturated heterocycles. The molecule has 2 aromatic rings. The van der Waals surface area contributed by atoms with Gasteiger partial charge in [0.2, 0.25) is 5.91 Å². The molecule has 1 unspecified atom stereocenters. The van der Waals surface area contributed by atoms with E-state index >= 15 is 0 Å². The van der Waals surface area contributed by atoms with Crippen molar-refractivity contribution < 1.29 is 4.79 Å². The van der Waals surface area contributed by atoms with E-state index in [2.05, 4.69) is 12.1 Å². The van der Waals surface area contributed by atoms with Gasteiger partial charge in [0.15, 0.2) is 0 Å². The van der Waals surface area contributed by atoms with Crippen LogP contribution in [0.1, 0.15) is 29.9 Å². The van der Waals surface area contributed by atoms with Gasteiger partial charge in [0, 0.05) is 29.6 Å². The molecule has 2 nitrogen and oxygen atoms in total. The van der Waals surface area contributed by atoms with Gasteiger partial charge in [-0.05, 0) is 41.7 Å². The summed E-state index contributed by atoms with van der Waals surface area (Å²) in [7, 11) is 0. The van der Waals surface area contributed by atoms with Crippen LogP contribution in [-0.4, -0.2) is 17.4 Å². The predicted molar refractivity (Wildman–Crippen MR) is 90.3 cm³/mol. The van der Waals surface area contributed by atoms with Crippen LogP contribution in [0.3, 0.4) is 0 Å². The third kappa shape index (κ3) is 3.63. The third-order valence-electron chi connectivity index (χ3n) is 4.09. The van der Waals surface area contributed by atoms with Crippen LogP contribution in [0.5, 0.6) is 0 Å². The quantitative estimate of drug-likeness (QED) is 0.782. The van der Waals surface area contributed by atoms with Crippen LogP contribution >= 0.6 is 23.2 Å². The molecule has 1 aliphatic heterocycles. The van der Waals surface area contributed by atoms with Gasteiger partial charge in [0.05, 0.1) is 0 Å². The number of rotatable bonds is 3. The molecule has 0 N–H and O–H groups in total. The SMILES string of the molecule is O=C1CC(c2cc(Cl)cc(Cl)c2)CCN1Cc1ccccc1. The number of nitrogens with zero attached hydrogens (tertiary/aromatic N) is 1. The van der Waals surface area contributed by atoms with E-state index in [0.717, 1.165) is 18.5 Å². The Balaban J connectivity index is 1.68.